The van der Waals surface area contributed by atoms with E-state index in [1.54, 1.807) is 0 Å². The summed E-state index contributed by atoms with van der Waals surface area (Å²) < 4.78 is 0. The normalized spacial score (nSPS) is 12.8. The van der Waals surface area contributed by atoms with Crippen molar-refractivity contribution in [2.24, 2.45) is 0 Å². The zero-order chi connectivity index (χ0) is 38.8. The van der Waals surface area contributed by atoms with Gasteiger partial charge in [0.15, 0.2) is 0 Å². The lowest BCUT2D eigenvalue weighted by Crippen LogP contribution is -2.26. The van der Waals surface area contributed by atoms with Gasteiger partial charge >= 0.3 is 0 Å². The first-order valence-electron chi connectivity index (χ1n) is 20.1. The van der Waals surface area contributed by atoms with Gasteiger partial charge in [0.05, 0.1) is 16.8 Å². The van der Waals surface area contributed by atoms with E-state index in [0.29, 0.717) is 0 Å². The summed E-state index contributed by atoms with van der Waals surface area (Å²) in [6, 6.07) is 74.8. The summed E-state index contributed by atoms with van der Waals surface area (Å²) in [7, 11) is 0. The summed E-state index contributed by atoms with van der Waals surface area (Å²) in [5, 5.41) is 11.2. The molecule has 58 heavy (non-hydrogen) atoms. The van der Waals surface area contributed by atoms with Crippen LogP contribution in [-0.4, -0.2) is 0 Å². The lowest BCUT2D eigenvalue weighted by molar-refractivity contribution is 0.809. The molecular weight excluding hydrogens is 701 g/mol. The number of nitrogens with two attached hydrogens (primary N) is 1. The second-order valence-corrected chi connectivity index (χ2v) is 15.5. The molecule has 0 aromatic heterocycles. The van der Waals surface area contributed by atoms with Crippen LogP contribution in [0.15, 0.2) is 206 Å². The van der Waals surface area contributed by atoms with Crippen molar-refractivity contribution in [3.8, 4) is 33.4 Å². The van der Waals surface area contributed by atoms with Crippen molar-refractivity contribution in [3.63, 3.8) is 0 Å². The maximum absolute atomic E-state index is 5.81. The third-order valence-electron chi connectivity index (χ3n) is 12.3. The van der Waals surface area contributed by atoms with Crippen LogP contribution in [0.2, 0.25) is 0 Å². The van der Waals surface area contributed by atoms with Gasteiger partial charge in [-0.3, -0.25) is 0 Å². The molecule has 3 N–H and O–H groups in total. The van der Waals surface area contributed by atoms with Crippen LogP contribution in [0.25, 0.3) is 65.7 Å². The van der Waals surface area contributed by atoms with Crippen LogP contribution in [0.3, 0.4) is 0 Å². The molecule has 0 atom stereocenters. The quantitative estimate of drug-likeness (QED) is 0.140. The van der Waals surface area contributed by atoms with E-state index in [0.717, 1.165) is 17.1 Å². The summed E-state index contributed by atoms with van der Waals surface area (Å²) in [5.41, 5.74) is 23.0. The number of fused-ring (bicyclic) bond motifs is 17. The van der Waals surface area contributed by atoms with Gasteiger partial charge in [-0.15, -0.1) is 0 Å². The highest BCUT2D eigenvalue weighted by atomic mass is 14.9. The Morgan fingerprint density at radius 1 is 0.397 bits per heavy atom. The van der Waals surface area contributed by atoms with Crippen LogP contribution in [0, 0.1) is 6.92 Å². The van der Waals surface area contributed by atoms with Crippen LogP contribution in [0.4, 0.5) is 17.1 Å². The minimum atomic E-state index is -0.438. The first-order chi connectivity index (χ1) is 28.6. The number of hydrogen-bond acceptors (Lipinski definition) is 2. The molecule has 2 aliphatic rings. The third kappa shape index (κ3) is 4.98. The second kappa shape index (κ2) is 13.4. The molecule has 0 aliphatic heterocycles. The van der Waals surface area contributed by atoms with Crippen LogP contribution < -0.4 is 11.1 Å². The Morgan fingerprint density at radius 2 is 0.897 bits per heavy atom. The molecule has 10 aromatic rings. The van der Waals surface area contributed by atoms with Crippen LogP contribution in [-0.2, 0) is 5.41 Å². The molecule has 0 saturated carbocycles. The van der Waals surface area contributed by atoms with E-state index in [2.05, 4.69) is 164 Å². The predicted octanol–water partition coefficient (Wildman–Crippen LogP) is 14.5. The van der Waals surface area contributed by atoms with E-state index in [-0.39, 0.29) is 0 Å². The molecule has 2 aliphatic carbocycles. The van der Waals surface area contributed by atoms with Crippen molar-refractivity contribution < 1.29 is 0 Å². The van der Waals surface area contributed by atoms with Crippen molar-refractivity contribution in [3.05, 3.63) is 234 Å². The first kappa shape index (κ1) is 33.9. The molecule has 0 radical (unpaired) electrons. The van der Waals surface area contributed by atoms with Crippen LogP contribution in [0.1, 0.15) is 27.8 Å². The Kier molecular flexibility index (Phi) is 7.80. The van der Waals surface area contributed by atoms with E-state index in [1.165, 1.54) is 93.5 Å². The zero-order valence-electron chi connectivity index (χ0n) is 32.2. The van der Waals surface area contributed by atoms with Gasteiger partial charge in [-0.1, -0.05) is 181 Å². The van der Waals surface area contributed by atoms with Crippen LogP contribution in [0.5, 0.6) is 0 Å². The Bertz CT molecular complexity index is 3170. The summed E-state index contributed by atoms with van der Waals surface area (Å²) >= 11 is 0. The highest BCUT2D eigenvalue weighted by molar-refractivity contribution is 6.22. The molecule has 0 fully saturated rings. The molecule has 2 heteroatoms. The Hall–Kier alpha value is -7.42. The zero-order valence-corrected chi connectivity index (χ0v) is 32.2. The Morgan fingerprint density at radius 3 is 1.55 bits per heavy atom. The molecule has 0 saturated heterocycles. The van der Waals surface area contributed by atoms with Crippen molar-refractivity contribution in [1.29, 1.82) is 0 Å². The number of nitrogen functional groups attached to an aromatic ring is 1. The standard InChI is InChI=1S/C44H28.C12H12N2/c1-27-22-24-28(25-23-27)37-26-38-41-34-17-5-2-12-29(34)30-13-3-7-19-36(30)43(41)44(42(38)35-18-6-4-14-31(35)37)39-20-10-8-15-32(39)33-16-9-11-21-40(33)44;13-11-8-4-5-9-12(11)14-10-6-2-1-3-7-10/h2-26H,1H3;1-9,14H,13H2. The van der Waals surface area contributed by atoms with Crippen molar-refractivity contribution in [2.45, 2.75) is 12.3 Å². The van der Waals surface area contributed by atoms with E-state index < -0.39 is 5.41 Å². The smallest absolute Gasteiger partial charge is 0.0737 e. The third-order valence-corrected chi connectivity index (χ3v) is 12.3. The van der Waals surface area contributed by atoms with Gasteiger partial charge in [-0.25, -0.2) is 0 Å². The van der Waals surface area contributed by atoms with Gasteiger partial charge in [0.1, 0.15) is 0 Å². The fourth-order valence-electron chi connectivity index (χ4n) is 9.95. The first-order valence-corrected chi connectivity index (χ1v) is 20.1. The molecule has 10 aromatic carbocycles. The van der Waals surface area contributed by atoms with Gasteiger partial charge in [0.2, 0.25) is 0 Å². The largest absolute Gasteiger partial charge is 0.397 e. The Balaban J connectivity index is 0.000000234. The molecule has 12 rings (SSSR count). The lowest BCUT2D eigenvalue weighted by atomic mass is 9.68. The maximum atomic E-state index is 5.81. The minimum absolute atomic E-state index is 0.438. The molecule has 0 heterocycles. The molecule has 274 valence electrons. The van der Waals surface area contributed by atoms with E-state index >= 15 is 0 Å². The molecule has 0 amide bonds. The SMILES string of the molecule is Cc1ccc(-c2cc3c(c4ccccc24)C2(c4ccccc4-c4ccccc42)c2c-3c3ccccc3c3ccccc23)cc1.Nc1ccccc1Nc1ccccc1. The predicted molar refractivity (Wildman–Crippen MR) is 246 cm³/mol. The topological polar surface area (TPSA) is 38.0 Å². The molecular formula is C56H40N2. The van der Waals surface area contributed by atoms with Gasteiger partial charge in [-0.05, 0) is 125 Å². The van der Waals surface area contributed by atoms with E-state index in [1.807, 2.05) is 54.6 Å². The highest BCUT2D eigenvalue weighted by Crippen LogP contribution is 2.67. The molecule has 0 bridgehead atoms. The van der Waals surface area contributed by atoms with Gasteiger partial charge in [0.25, 0.3) is 0 Å². The van der Waals surface area contributed by atoms with E-state index in [4.69, 9.17) is 5.73 Å². The summed E-state index contributed by atoms with van der Waals surface area (Å²) in [4.78, 5) is 0. The number of aryl methyl sites for hydroxylation is 1. The summed E-state index contributed by atoms with van der Waals surface area (Å²) in [6.45, 7) is 2.16. The average molecular weight is 741 g/mol. The molecule has 0 unspecified atom stereocenters. The number of benzene rings is 10. The monoisotopic (exact) mass is 740 g/mol. The minimum Gasteiger partial charge on any atom is -0.397 e. The summed E-state index contributed by atoms with van der Waals surface area (Å²) in [6.07, 6.45) is 0. The van der Waals surface area contributed by atoms with Gasteiger partial charge in [-0.2, -0.15) is 0 Å². The molecule has 1 spiro atoms. The van der Waals surface area contributed by atoms with Gasteiger partial charge in [0, 0.05) is 5.69 Å². The average Bonchev–Trinajstić information content (AvgIpc) is 3.76. The molecule has 2 nitrogen and oxygen atoms in total. The highest BCUT2D eigenvalue weighted by Gasteiger charge is 2.54. The number of rotatable bonds is 3. The van der Waals surface area contributed by atoms with E-state index in [9.17, 15) is 0 Å². The number of nitrogens with one attached hydrogen (secondary N) is 1. The maximum Gasteiger partial charge on any atom is 0.0737 e. The van der Waals surface area contributed by atoms with Crippen molar-refractivity contribution >= 4 is 49.4 Å². The number of para-hydroxylation sites is 3. The fraction of sp³-hybridized carbons (Fsp3) is 0.0357. The van der Waals surface area contributed by atoms with Crippen LogP contribution >= 0.6 is 0 Å². The van der Waals surface area contributed by atoms with Crippen molar-refractivity contribution in [1.82, 2.24) is 0 Å². The number of anilines is 3. The fourth-order valence-corrected chi connectivity index (χ4v) is 9.95. The second-order valence-electron chi connectivity index (χ2n) is 15.5. The Labute approximate surface area is 338 Å². The summed E-state index contributed by atoms with van der Waals surface area (Å²) in [5.74, 6) is 0. The number of hydrogen-bond donors (Lipinski definition) is 2. The van der Waals surface area contributed by atoms with Crippen molar-refractivity contribution in [2.75, 3.05) is 11.1 Å². The lowest BCUT2D eigenvalue weighted by Gasteiger charge is -2.33. The van der Waals surface area contributed by atoms with Gasteiger partial charge < -0.3 is 11.1 Å².